The Kier molecular flexibility index (Phi) is 4.47. The van der Waals surface area contributed by atoms with E-state index in [0.29, 0.717) is 13.0 Å². The van der Waals surface area contributed by atoms with Crippen molar-refractivity contribution in [2.75, 3.05) is 32.7 Å². The van der Waals surface area contributed by atoms with E-state index in [-0.39, 0.29) is 5.91 Å². The number of amides is 1. The molecule has 1 aliphatic rings. The van der Waals surface area contributed by atoms with Crippen LogP contribution < -0.4 is 11.1 Å². The molecule has 5 nitrogen and oxygen atoms in total. The van der Waals surface area contributed by atoms with Gasteiger partial charge in [-0.25, -0.2) is 4.98 Å². The Bertz CT molecular complexity index is 373. The summed E-state index contributed by atoms with van der Waals surface area (Å²) in [7, 11) is 0. The van der Waals surface area contributed by atoms with E-state index >= 15 is 0 Å². The summed E-state index contributed by atoms with van der Waals surface area (Å²) in [5.41, 5.74) is 6.35. The molecule has 1 aromatic rings. The summed E-state index contributed by atoms with van der Waals surface area (Å²) in [6.45, 7) is 4.00. The van der Waals surface area contributed by atoms with Crippen LogP contribution in [-0.2, 0) is 17.6 Å². The molecule has 1 aliphatic heterocycles. The normalized spacial score (nSPS) is 16.2. The predicted octanol–water partition coefficient (Wildman–Crippen LogP) is -0.381. The SMILES string of the molecule is NCCc1nc(CC(=O)N2CCNCC2)cs1. The summed E-state index contributed by atoms with van der Waals surface area (Å²) < 4.78 is 0. The number of nitrogens with zero attached hydrogens (tertiary/aromatic N) is 2. The van der Waals surface area contributed by atoms with Gasteiger partial charge in [-0.05, 0) is 6.54 Å². The number of carbonyl (C=O) groups excluding carboxylic acids is 1. The van der Waals surface area contributed by atoms with Gasteiger partial charge in [-0.2, -0.15) is 0 Å². The number of rotatable bonds is 4. The first-order valence-corrected chi connectivity index (χ1v) is 6.79. The van der Waals surface area contributed by atoms with Crippen LogP contribution in [0.3, 0.4) is 0 Å². The summed E-state index contributed by atoms with van der Waals surface area (Å²) >= 11 is 1.59. The summed E-state index contributed by atoms with van der Waals surface area (Å²) in [4.78, 5) is 18.3. The minimum atomic E-state index is 0.177. The van der Waals surface area contributed by atoms with Gasteiger partial charge in [0.2, 0.25) is 5.91 Å². The number of carbonyl (C=O) groups is 1. The van der Waals surface area contributed by atoms with Crippen molar-refractivity contribution in [2.45, 2.75) is 12.8 Å². The Balaban J connectivity index is 1.88. The highest BCUT2D eigenvalue weighted by atomic mass is 32.1. The van der Waals surface area contributed by atoms with Crippen molar-refractivity contribution in [2.24, 2.45) is 5.73 Å². The average molecular weight is 254 g/mol. The molecule has 0 bridgehead atoms. The molecule has 94 valence electrons. The van der Waals surface area contributed by atoms with E-state index in [2.05, 4.69) is 10.3 Å². The molecule has 1 saturated heterocycles. The molecule has 1 fully saturated rings. The lowest BCUT2D eigenvalue weighted by Crippen LogP contribution is -2.46. The standard InChI is InChI=1S/C11H18N4OS/c12-2-1-10-14-9(8-17-10)7-11(16)15-5-3-13-4-6-15/h8,13H,1-7,12H2. The fraction of sp³-hybridized carbons (Fsp3) is 0.636. The first-order chi connectivity index (χ1) is 8.29. The highest BCUT2D eigenvalue weighted by molar-refractivity contribution is 7.09. The molecule has 3 N–H and O–H groups in total. The lowest BCUT2D eigenvalue weighted by Gasteiger charge is -2.27. The predicted molar refractivity (Wildman–Crippen MR) is 68.0 cm³/mol. The fourth-order valence-corrected chi connectivity index (χ4v) is 2.66. The minimum Gasteiger partial charge on any atom is -0.340 e. The molecule has 0 aromatic carbocycles. The van der Waals surface area contributed by atoms with E-state index in [0.717, 1.165) is 43.3 Å². The monoisotopic (exact) mass is 254 g/mol. The van der Waals surface area contributed by atoms with E-state index in [4.69, 9.17) is 5.73 Å². The van der Waals surface area contributed by atoms with Crippen LogP contribution in [0.4, 0.5) is 0 Å². The molecule has 0 radical (unpaired) electrons. The lowest BCUT2D eigenvalue weighted by atomic mass is 10.2. The van der Waals surface area contributed by atoms with E-state index in [1.54, 1.807) is 11.3 Å². The smallest absolute Gasteiger partial charge is 0.228 e. The third-order valence-electron chi connectivity index (χ3n) is 2.76. The zero-order valence-corrected chi connectivity index (χ0v) is 10.6. The van der Waals surface area contributed by atoms with E-state index < -0.39 is 0 Å². The molecule has 2 heterocycles. The number of piperazine rings is 1. The van der Waals surface area contributed by atoms with E-state index in [1.165, 1.54) is 0 Å². The van der Waals surface area contributed by atoms with Crippen molar-refractivity contribution < 1.29 is 4.79 Å². The fourth-order valence-electron chi connectivity index (χ4n) is 1.85. The van der Waals surface area contributed by atoms with Crippen LogP contribution in [0.15, 0.2) is 5.38 Å². The first kappa shape index (κ1) is 12.5. The third kappa shape index (κ3) is 3.49. The maximum absolute atomic E-state index is 12.0. The maximum atomic E-state index is 12.0. The molecule has 2 rings (SSSR count). The van der Waals surface area contributed by atoms with E-state index in [9.17, 15) is 4.79 Å². The van der Waals surface area contributed by atoms with Gasteiger partial charge in [-0.1, -0.05) is 0 Å². The summed E-state index contributed by atoms with van der Waals surface area (Å²) in [5.74, 6) is 0.177. The van der Waals surface area contributed by atoms with Gasteiger partial charge in [0.15, 0.2) is 0 Å². The number of nitrogens with one attached hydrogen (secondary N) is 1. The molecular weight excluding hydrogens is 236 g/mol. The van der Waals surface area contributed by atoms with Crippen molar-refractivity contribution in [1.29, 1.82) is 0 Å². The molecule has 1 amide bonds. The molecular formula is C11H18N4OS. The summed E-state index contributed by atoms with van der Waals surface area (Å²) in [6.07, 6.45) is 1.22. The van der Waals surface area contributed by atoms with Crippen LogP contribution in [0.1, 0.15) is 10.7 Å². The second kappa shape index (κ2) is 6.09. The maximum Gasteiger partial charge on any atom is 0.228 e. The zero-order valence-electron chi connectivity index (χ0n) is 9.82. The number of hydrogen-bond acceptors (Lipinski definition) is 5. The third-order valence-corrected chi connectivity index (χ3v) is 3.72. The van der Waals surface area contributed by atoms with Gasteiger partial charge in [0.1, 0.15) is 0 Å². The molecule has 17 heavy (non-hydrogen) atoms. The van der Waals surface area contributed by atoms with Crippen molar-refractivity contribution in [3.63, 3.8) is 0 Å². The second-order valence-corrected chi connectivity index (χ2v) is 5.02. The van der Waals surface area contributed by atoms with Gasteiger partial charge in [0, 0.05) is 38.0 Å². The average Bonchev–Trinajstić information content (AvgIpc) is 2.78. The Morgan fingerprint density at radius 3 is 3.00 bits per heavy atom. The molecule has 0 aliphatic carbocycles. The van der Waals surface area contributed by atoms with Crippen molar-refractivity contribution in [3.8, 4) is 0 Å². The van der Waals surface area contributed by atoms with Gasteiger partial charge in [0.25, 0.3) is 0 Å². The zero-order chi connectivity index (χ0) is 12.1. The van der Waals surface area contributed by atoms with Gasteiger partial charge in [-0.15, -0.1) is 11.3 Å². The van der Waals surface area contributed by atoms with Crippen LogP contribution in [0.5, 0.6) is 0 Å². The number of nitrogens with two attached hydrogens (primary N) is 1. The van der Waals surface area contributed by atoms with Crippen LogP contribution in [0.2, 0.25) is 0 Å². The topological polar surface area (TPSA) is 71.2 Å². The van der Waals surface area contributed by atoms with Crippen LogP contribution in [-0.4, -0.2) is 48.5 Å². The molecule has 6 heteroatoms. The second-order valence-electron chi connectivity index (χ2n) is 4.08. The van der Waals surface area contributed by atoms with Crippen molar-refractivity contribution >= 4 is 17.2 Å². The summed E-state index contributed by atoms with van der Waals surface area (Å²) in [5, 5.41) is 6.22. The summed E-state index contributed by atoms with van der Waals surface area (Å²) in [6, 6.07) is 0. The highest BCUT2D eigenvalue weighted by Crippen LogP contribution is 2.11. The van der Waals surface area contributed by atoms with Gasteiger partial charge in [0.05, 0.1) is 17.1 Å². The molecule has 0 unspecified atom stereocenters. The molecule has 0 spiro atoms. The Labute approximate surface area is 105 Å². The number of hydrogen-bond donors (Lipinski definition) is 2. The highest BCUT2D eigenvalue weighted by Gasteiger charge is 2.17. The Morgan fingerprint density at radius 1 is 1.53 bits per heavy atom. The quantitative estimate of drug-likeness (QED) is 0.768. The molecule has 1 aromatic heterocycles. The van der Waals surface area contributed by atoms with Gasteiger partial charge in [-0.3, -0.25) is 4.79 Å². The Hall–Kier alpha value is -0.980. The minimum absolute atomic E-state index is 0.177. The molecule has 0 atom stereocenters. The first-order valence-electron chi connectivity index (χ1n) is 5.91. The van der Waals surface area contributed by atoms with Crippen molar-refractivity contribution in [3.05, 3.63) is 16.1 Å². The number of aromatic nitrogens is 1. The van der Waals surface area contributed by atoms with Gasteiger partial charge < -0.3 is 16.0 Å². The van der Waals surface area contributed by atoms with E-state index in [1.807, 2.05) is 10.3 Å². The lowest BCUT2D eigenvalue weighted by molar-refractivity contribution is -0.131. The van der Waals surface area contributed by atoms with Crippen LogP contribution in [0, 0.1) is 0 Å². The van der Waals surface area contributed by atoms with Crippen LogP contribution in [0.25, 0.3) is 0 Å². The van der Waals surface area contributed by atoms with Crippen molar-refractivity contribution in [1.82, 2.24) is 15.2 Å². The van der Waals surface area contributed by atoms with Crippen LogP contribution >= 0.6 is 11.3 Å². The number of thiazole rings is 1. The molecule has 0 saturated carbocycles. The Morgan fingerprint density at radius 2 is 2.29 bits per heavy atom. The largest absolute Gasteiger partial charge is 0.340 e. The van der Waals surface area contributed by atoms with Gasteiger partial charge >= 0.3 is 0 Å².